The summed E-state index contributed by atoms with van der Waals surface area (Å²) in [5.41, 5.74) is 4.19. The number of aryl methyl sites for hydroxylation is 2. The second-order valence-corrected chi connectivity index (χ2v) is 7.96. The molecule has 0 fully saturated rings. The van der Waals surface area contributed by atoms with E-state index in [0.717, 1.165) is 27.7 Å². The minimum atomic E-state index is -0.239. The van der Waals surface area contributed by atoms with E-state index in [2.05, 4.69) is 4.98 Å². The first kappa shape index (κ1) is 22.1. The van der Waals surface area contributed by atoms with Crippen molar-refractivity contribution >= 4 is 22.5 Å². The van der Waals surface area contributed by atoms with Crippen molar-refractivity contribution in [2.24, 2.45) is 0 Å². The Morgan fingerprint density at radius 1 is 0.909 bits per heavy atom. The number of fused-ring (bicyclic) bond motifs is 1. The number of amides is 1. The SMILES string of the molecule is COc1ccc(C(=O)N(Cc2cc3ccccc3[nH]c2=O)c2cc(C)ccc2C)cc1OC. The Bertz CT molecular complexity index is 1390. The summed E-state index contributed by atoms with van der Waals surface area (Å²) < 4.78 is 10.7. The van der Waals surface area contributed by atoms with Gasteiger partial charge < -0.3 is 19.4 Å². The van der Waals surface area contributed by atoms with Gasteiger partial charge in [0.2, 0.25) is 0 Å². The number of methoxy groups -OCH3 is 2. The zero-order chi connectivity index (χ0) is 23.5. The number of ether oxygens (including phenoxy) is 2. The Hall–Kier alpha value is -4.06. The molecule has 3 aromatic carbocycles. The maximum atomic E-state index is 13.8. The molecule has 1 aromatic heterocycles. The van der Waals surface area contributed by atoms with Crippen LogP contribution < -0.4 is 19.9 Å². The van der Waals surface area contributed by atoms with Gasteiger partial charge in [-0.3, -0.25) is 9.59 Å². The normalized spacial score (nSPS) is 10.8. The molecule has 1 heterocycles. The first-order valence-electron chi connectivity index (χ1n) is 10.6. The summed E-state index contributed by atoms with van der Waals surface area (Å²) in [6.45, 7) is 4.05. The molecule has 0 saturated heterocycles. The number of hydrogen-bond donors (Lipinski definition) is 1. The number of nitrogens with zero attached hydrogens (tertiary/aromatic N) is 1. The smallest absolute Gasteiger partial charge is 0.258 e. The lowest BCUT2D eigenvalue weighted by molar-refractivity contribution is 0.0984. The third-order valence-corrected chi connectivity index (χ3v) is 5.69. The first-order valence-corrected chi connectivity index (χ1v) is 10.6. The standard InChI is InChI=1S/C27H26N2O4/c1-17-9-10-18(2)23(13-17)29(27(31)20-11-12-24(32-3)25(15-20)33-4)16-21-14-19-7-5-6-8-22(19)28-26(21)30/h5-15H,16H2,1-4H3,(H,28,30). The molecule has 6 nitrogen and oxygen atoms in total. The molecular weight excluding hydrogens is 416 g/mol. The summed E-state index contributed by atoms with van der Waals surface area (Å²) in [5, 5.41) is 0.909. The fourth-order valence-electron chi connectivity index (χ4n) is 3.88. The monoisotopic (exact) mass is 442 g/mol. The van der Waals surface area contributed by atoms with Crippen LogP contribution in [0, 0.1) is 13.8 Å². The van der Waals surface area contributed by atoms with Gasteiger partial charge in [-0.05, 0) is 66.8 Å². The highest BCUT2D eigenvalue weighted by atomic mass is 16.5. The number of benzene rings is 3. The molecule has 0 unspecified atom stereocenters. The first-order chi connectivity index (χ1) is 15.9. The maximum Gasteiger partial charge on any atom is 0.258 e. The fraction of sp³-hybridized carbons (Fsp3) is 0.185. The van der Waals surface area contributed by atoms with Gasteiger partial charge >= 0.3 is 0 Å². The number of anilines is 1. The molecule has 0 saturated carbocycles. The van der Waals surface area contributed by atoms with E-state index in [4.69, 9.17) is 9.47 Å². The van der Waals surface area contributed by atoms with E-state index < -0.39 is 0 Å². The molecule has 0 aliphatic heterocycles. The third kappa shape index (κ3) is 4.46. The molecular formula is C27H26N2O4. The number of rotatable bonds is 6. The van der Waals surface area contributed by atoms with E-state index in [0.29, 0.717) is 22.6 Å². The number of aromatic nitrogens is 1. The summed E-state index contributed by atoms with van der Waals surface area (Å²) >= 11 is 0. The van der Waals surface area contributed by atoms with Crippen molar-refractivity contribution in [3.05, 3.63) is 99.3 Å². The molecule has 0 radical (unpaired) electrons. The lowest BCUT2D eigenvalue weighted by Gasteiger charge is -2.25. The van der Waals surface area contributed by atoms with Crippen LogP contribution in [0.1, 0.15) is 27.0 Å². The maximum absolute atomic E-state index is 13.8. The minimum Gasteiger partial charge on any atom is -0.493 e. The molecule has 6 heteroatoms. The van der Waals surface area contributed by atoms with Crippen LogP contribution in [-0.2, 0) is 6.54 Å². The van der Waals surface area contributed by atoms with Gasteiger partial charge in [-0.15, -0.1) is 0 Å². The molecule has 0 bridgehead atoms. The van der Waals surface area contributed by atoms with Crippen molar-refractivity contribution in [3.8, 4) is 11.5 Å². The lowest BCUT2D eigenvalue weighted by Crippen LogP contribution is -2.33. The number of H-pyrrole nitrogens is 1. The average Bonchev–Trinajstić information content (AvgIpc) is 2.83. The Labute approximate surface area is 192 Å². The predicted molar refractivity (Wildman–Crippen MR) is 131 cm³/mol. The van der Waals surface area contributed by atoms with Gasteiger partial charge in [0.15, 0.2) is 11.5 Å². The molecule has 168 valence electrons. The molecule has 1 N–H and O–H groups in total. The zero-order valence-electron chi connectivity index (χ0n) is 19.1. The number of para-hydroxylation sites is 1. The molecule has 33 heavy (non-hydrogen) atoms. The highest BCUT2D eigenvalue weighted by Gasteiger charge is 2.23. The van der Waals surface area contributed by atoms with Crippen LogP contribution in [0.5, 0.6) is 11.5 Å². The minimum absolute atomic E-state index is 0.123. The summed E-state index contributed by atoms with van der Waals surface area (Å²) in [7, 11) is 3.08. The van der Waals surface area contributed by atoms with Crippen molar-refractivity contribution in [2.75, 3.05) is 19.1 Å². The van der Waals surface area contributed by atoms with Crippen LogP contribution in [-0.4, -0.2) is 25.1 Å². The topological polar surface area (TPSA) is 71.6 Å². The quantitative estimate of drug-likeness (QED) is 0.456. The number of carbonyl (C=O) groups excluding carboxylic acids is 1. The van der Waals surface area contributed by atoms with Gasteiger partial charge in [-0.1, -0.05) is 30.3 Å². The Kier molecular flexibility index (Phi) is 6.18. The molecule has 0 spiro atoms. The largest absolute Gasteiger partial charge is 0.493 e. The van der Waals surface area contributed by atoms with E-state index in [9.17, 15) is 9.59 Å². The number of hydrogen-bond acceptors (Lipinski definition) is 4. The van der Waals surface area contributed by atoms with E-state index in [1.54, 1.807) is 30.2 Å². The number of aromatic amines is 1. The third-order valence-electron chi connectivity index (χ3n) is 5.69. The van der Waals surface area contributed by atoms with E-state index in [1.807, 2.05) is 62.4 Å². The van der Waals surface area contributed by atoms with Gasteiger partial charge in [0.1, 0.15) is 0 Å². The van der Waals surface area contributed by atoms with E-state index in [-0.39, 0.29) is 18.0 Å². The van der Waals surface area contributed by atoms with Crippen molar-refractivity contribution < 1.29 is 14.3 Å². The molecule has 0 aliphatic rings. The predicted octanol–water partition coefficient (Wildman–Crippen LogP) is 5.01. The van der Waals surface area contributed by atoms with Crippen LogP contribution in [0.4, 0.5) is 5.69 Å². The van der Waals surface area contributed by atoms with Crippen LogP contribution in [0.15, 0.2) is 71.5 Å². The zero-order valence-corrected chi connectivity index (χ0v) is 19.1. The lowest BCUT2D eigenvalue weighted by atomic mass is 10.1. The van der Waals surface area contributed by atoms with Gasteiger partial charge in [0, 0.05) is 22.3 Å². The number of nitrogens with one attached hydrogen (secondary N) is 1. The second-order valence-electron chi connectivity index (χ2n) is 7.96. The summed E-state index contributed by atoms with van der Waals surface area (Å²) in [6, 6.07) is 20.4. The average molecular weight is 443 g/mol. The molecule has 4 rings (SSSR count). The van der Waals surface area contributed by atoms with E-state index in [1.165, 1.54) is 7.11 Å². The molecule has 4 aromatic rings. The summed E-state index contributed by atoms with van der Waals surface area (Å²) in [4.78, 5) is 31.2. The van der Waals surface area contributed by atoms with Crippen LogP contribution in [0.25, 0.3) is 10.9 Å². The van der Waals surface area contributed by atoms with E-state index >= 15 is 0 Å². The summed E-state index contributed by atoms with van der Waals surface area (Å²) in [5.74, 6) is 0.767. The Balaban J connectivity index is 1.83. The molecule has 0 aliphatic carbocycles. The van der Waals surface area contributed by atoms with Crippen molar-refractivity contribution in [1.82, 2.24) is 4.98 Å². The van der Waals surface area contributed by atoms with Crippen molar-refractivity contribution in [1.29, 1.82) is 0 Å². The van der Waals surface area contributed by atoms with Gasteiger partial charge in [0.05, 0.1) is 20.8 Å². The van der Waals surface area contributed by atoms with Crippen molar-refractivity contribution in [3.63, 3.8) is 0 Å². The number of carbonyl (C=O) groups is 1. The van der Waals surface area contributed by atoms with Gasteiger partial charge in [0.25, 0.3) is 11.5 Å². The van der Waals surface area contributed by atoms with Crippen LogP contribution in [0.3, 0.4) is 0 Å². The van der Waals surface area contributed by atoms with Gasteiger partial charge in [-0.2, -0.15) is 0 Å². The highest BCUT2D eigenvalue weighted by Crippen LogP contribution is 2.30. The summed E-state index contributed by atoms with van der Waals surface area (Å²) in [6.07, 6.45) is 0. The number of pyridine rings is 1. The Morgan fingerprint density at radius 2 is 1.67 bits per heavy atom. The Morgan fingerprint density at radius 3 is 2.42 bits per heavy atom. The highest BCUT2D eigenvalue weighted by molar-refractivity contribution is 6.07. The molecule has 0 atom stereocenters. The van der Waals surface area contributed by atoms with Crippen LogP contribution in [0.2, 0.25) is 0 Å². The van der Waals surface area contributed by atoms with Crippen LogP contribution >= 0.6 is 0 Å². The van der Waals surface area contributed by atoms with Gasteiger partial charge in [-0.25, -0.2) is 0 Å². The van der Waals surface area contributed by atoms with Crippen molar-refractivity contribution in [2.45, 2.75) is 20.4 Å². The second kappa shape index (κ2) is 9.20. The molecule has 1 amide bonds. The fourth-order valence-corrected chi connectivity index (χ4v) is 3.88.